The van der Waals surface area contributed by atoms with Crippen molar-refractivity contribution >= 4 is 22.9 Å². The molecule has 1 heterocycles. The molecular weight excluding hydrogens is 344 g/mol. The quantitative estimate of drug-likeness (QED) is 0.672. The van der Waals surface area contributed by atoms with E-state index in [4.69, 9.17) is 4.74 Å². The molecule has 3 N–H and O–H groups in total. The van der Waals surface area contributed by atoms with E-state index in [1.54, 1.807) is 18.4 Å². The number of hydrogen-bond donors (Lipinski definition) is 2. The molecule has 134 valence electrons. The third-order valence-corrected chi connectivity index (χ3v) is 5.22. The Kier molecular flexibility index (Phi) is 6.04. The molecule has 0 aliphatic rings. The zero-order chi connectivity index (χ0) is 18.4. The average molecular weight is 367 g/mol. The van der Waals surface area contributed by atoms with Crippen LogP contribution in [-0.2, 0) is 4.79 Å². The van der Waals surface area contributed by atoms with Gasteiger partial charge in [0.2, 0.25) is 0 Å². The number of carbonyl (C=O) groups is 1. The molecule has 26 heavy (non-hydrogen) atoms. The van der Waals surface area contributed by atoms with E-state index in [-0.39, 0.29) is 18.0 Å². The molecule has 0 aliphatic carbocycles. The maximum absolute atomic E-state index is 12.7. The van der Waals surface area contributed by atoms with E-state index in [0.29, 0.717) is 11.4 Å². The van der Waals surface area contributed by atoms with E-state index in [1.165, 1.54) is 10.4 Å². The van der Waals surface area contributed by atoms with Crippen molar-refractivity contribution in [3.63, 3.8) is 0 Å². The molecule has 2 atom stereocenters. The Morgan fingerprint density at radius 3 is 2.46 bits per heavy atom. The molecule has 0 saturated heterocycles. The number of rotatable bonds is 7. The second kappa shape index (κ2) is 8.65. The van der Waals surface area contributed by atoms with Crippen LogP contribution in [0.15, 0.2) is 72.1 Å². The number of ether oxygens (including phenoxy) is 1. The van der Waals surface area contributed by atoms with Crippen molar-refractivity contribution < 1.29 is 14.8 Å². The van der Waals surface area contributed by atoms with E-state index in [0.717, 1.165) is 0 Å². The van der Waals surface area contributed by atoms with Gasteiger partial charge in [-0.1, -0.05) is 48.5 Å². The van der Waals surface area contributed by atoms with Crippen LogP contribution in [0.3, 0.4) is 0 Å². The minimum Gasteiger partial charge on any atom is -0.495 e. The maximum Gasteiger partial charge on any atom is 0.282 e. The summed E-state index contributed by atoms with van der Waals surface area (Å²) in [4.78, 5) is 14.0. The standard InChI is InChI=1S/C21H22N2O2S/c1-15(21(24)23-17-11-6-7-12-18(17)25-2)22-20(19-13-8-14-26-19)16-9-4-3-5-10-16/h3-15,20,22H,1-2H3,(H,23,24)/p+1/t15-,20-/m0/s1. The number of nitrogens with one attached hydrogen (secondary N) is 1. The summed E-state index contributed by atoms with van der Waals surface area (Å²) >= 11 is 1.71. The summed E-state index contributed by atoms with van der Waals surface area (Å²) in [5, 5.41) is 7.14. The molecule has 2 aromatic carbocycles. The Morgan fingerprint density at radius 2 is 1.77 bits per heavy atom. The number of nitrogens with two attached hydrogens (primary N) is 1. The zero-order valence-electron chi connectivity index (χ0n) is 14.9. The molecule has 1 aromatic heterocycles. The fraction of sp³-hybridized carbons (Fsp3) is 0.190. The highest BCUT2D eigenvalue weighted by molar-refractivity contribution is 7.10. The summed E-state index contributed by atoms with van der Waals surface area (Å²) in [7, 11) is 1.60. The third kappa shape index (κ3) is 4.31. The van der Waals surface area contributed by atoms with Crippen LogP contribution in [0.4, 0.5) is 5.69 Å². The Bertz CT molecular complexity index is 834. The van der Waals surface area contributed by atoms with Crippen LogP contribution in [-0.4, -0.2) is 19.1 Å². The molecule has 0 fully saturated rings. The first-order chi connectivity index (χ1) is 12.7. The topological polar surface area (TPSA) is 54.9 Å². The number of hydrogen-bond acceptors (Lipinski definition) is 3. The highest BCUT2D eigenvalue weighted by atomic mass is 32.1. The molecular formula is C21H23N2O2S+. The fourth-order valence-corrected chi connectivity index (χ4v) is 3.70. The Balaban J connectivity index is 1.75. The first-order valence-electron chi connectivity index (χ1n) is 8.56. The number of carbonyl (C=O) groups excluding carboxylic acids is 1. The predicted molar refractivity (Wildman–Crippen MR) is 106 cm³/mol. The predicted octanol–water partition coefficient (Wildman–Crippen LogP) is 3.44. The van der Waals surface area contributed by atoms with Gasteiger partial charge in [-0.3, -0.25) is 4.79 Å². The third-order valence-electron chi connectivity index (χ3n) is 4.27. The minimum absolute atomic E-state index is 0.0491. The van der Waals surface area contributed by atoms with Crippen LogP contribution in [0.2, 0.25) is 0 Å². The molecule has 0 spiro atoms. The van der Waals surface area contributed by atoms with Gasteiger partial charge in [0.1, 0.15) is 11.8 Å². The van der Waals surface area contributed by atoms with Gasteiger partial charge in [0.15, 0.2) is 6.04 Å². The SMILES string of the molecule is COc1ccccc1NC(=O)[C@H](C)[NH2+][C@@H](c1ccccc1)c1cccs1. The lowest BCUT2D eigenvalue weighted by atomic mass is 10.0. The highest BCUT2D eigenvalue weighted by Crippen LogP contribution is 2.24. The summed E-state index contributed by atoms with van der Waals surface area (Å²) in [5.41, 5.74) is 1.87. The van der Waals surface area contributed by atoms with E-state index in [2.05, 4.69) is 34.2 Å². The molecule has 4 nitrogen and oxygen atoms in total. The van der Waals surface area contributed by atoms with Crippen molar-refractivity contribution in [2.75, 3.05) is 12.4 Å². The molecule has 0 aliphatic heterocycles. The van der Waals surface area contributed by atoms with E-state index in [9.17, 15) is 4.79 Å². The molecule has 5 heteroatoms. The second-order valence-electron chi connectivity index (χ2n) is 6.07. The van der Waals surface area contributed by atoms with Crippen molar-refractivity contribution in [2.45, 2.75) is 19.0 Å². The van der Waals surface area contributed by atoms with Crippen LogP contribution in [0.1, 0.15) is 23.4 Å². The van der Waals surface area contributed by atoms with Crippen molar-refractivity contribution in [3.8, 4) is 5.75 Å². The van der Waals surface area contributed by atoms with Gasteiger partial charge in [-0.25, -0.2) is 0 Å². The van der Waals surface area contributed by atoms with E-state index in [1.807, 2.05) is 55.5 Å². The van der Waals surface area contributed by atoms with Gasteiger partial charge in [0.25, 0.3) is 5.91 Å². The van der Waals surface area contributed by atoms with Crippen molar-refractivity contribution in [1.29, 1.82) is 0 Å². The van der Waals surface area contributed by atoms with Crippen molar-refractivity contribution in [3.05, 3.63) is 82.6 Å². The van der Waals surface area contributed by atoms with Crippen LogP contribution < -0.4 is 15.4 Å². The number of quaternary nitrogens is 1. The van der Waals surface area contributed by atoms with Crippen LogP contribution in [0.25, 0.3) is 0 Å². The van der Waals surface area contributed by atoms with E-state index < -0.39 is 0 Å². The first kappa shape index (κ1) is 18.2. The van der Waals surface area contributed by atoms with Gasteiger partial charge < -0.3 is 15.4 Å². The minimum atomic E-state index is -0.257. The van der Waals surface area contributed by atoms with Gasteiger partial charge in [0.05, 0.1) is 17.7 Å². The number of benzene rings is 2. The van der Waals surface area contributed by atoms with Crippen LogP contribution >= 0.6 is 11.3 Å². The maximum atomic E-state index is 12.7. The Labute approximate surface area is 157 Å². The monoisotopic (exact) mass is 367 g/mol. The smallest absolute Gasteiger partial charge is 0.282 e. The molecule has 3 rings (SSSR count). The second-order valence-corrected chi connectivity index (χ2v) is 7.05. The normalized spacial score (nSPS) is 13.0. The summed E-state index contributed by atoms with van der Waals surface area (Å²) in [5.74, 6) is 0.609. The zero-order valence-corrected chi connectivity index (χ0v) is 15.7. The highest BCUT2D eigenvalue weighted by Gasteiger charge is 2.25. The molecule has 0 saturated carbocycles. The largest absolute Gasteiger partial charge is 0.495 e. The molecule has 0 radical (unpaired) electrons. The number of methoxy groups -OCH3 is 1. The van der Waals surface area contributed by atoms with E-state index >= 15 is 0 Å². The Hall–Kier alpha value is -2.63. The summed E-state index contributed by atoms with van der Waals surface area (Å²) in [6, 6.07) is 21.7. The number of amides is 1. The molecule has 3 aromatic rings. The van der Waals surface area contributed by atoms with Gasteiger partial charge in [0, 0.05) is 5.56 Å². The van der Waals surface area contributed by atoms with Crippen molar-refractivity contribution in [1.82, 2.24) is 0 Å². The lowest BCUT2D eigenvalue weighted by molar-refractivity contribution is -0.703. The van der Waals surface area contributed by atoms with Gasteiger partial charge in [-0.15, -0.1) is 11.3 Å². The molecule has 1 amide bonds. The first-order valence-corrected chi connectivity index (χ1v) is 9.44. The summed E-state index contributed by atoms with van der Waals surface area (Å²) in [6.07, 6.45) is 0. The number of para-hydroxylation sites is 2. The lowest BCUT2D eigenvalue weighted by Gasteiger charge is -2.20. The fourth-order valence-electron chi connectivity index (χ4n) is 2.87. The average Bonchev–Trinajstić information content (AvgIpc) is 3.21. The number of thiophene rings is 1. The summed E-state index contributed by atoms with van der Waals surface area (Å²) in [6.45, 7) is 1.92. The molecule has 0 bridgehead atoms. The molecule has 0 unspecified atom stereocenters. The lowest BCUT2D eigenvalue weighted by Crippen LogP contribution is -2.92. The summed E-state index contributed by atoms with van der Waals surface area (Å²) < 4.78 is 5.31. The van der Waals surface area contributed by atoms with Gasteiger partial charge >= 0.3 is 0 Å². The van der Waals surface area contributed by atoms with Crippen LogP contribution in [0.5, 0.6) is 5.75 Å². The van der Waals surface area contributed by atoms with Crippen molar-refractivity contribution in [2.24, 2.45) is 0 Å². The van der Waals surface area contributed by atoms with Crippen LogP contribution in [0, 0.1) is 0 Å². The Morgan fingerprint density at radius 1 is 1.04 bits per heavy atom. The van der Waals surface area contributed by atoms with Gasteiger partial charge in [-0.2, -0.15) is 0 Å². The number of anilines is 1. The van der Waals surface area contributed by atoms with Gasteiger partial charge in [-0.05, 0) is 30.5 Å².